The monoisotopic (exact) mass is 371 g/mol. The highest BCUT2D eigenvalue weighted by molar-refractivity contribution is 6.74. The maximum Gasteiger partial charge on any atom is 0.415 e. The minimum atomic E-state index is -2.09. The zero-order chi connectivity index (χ0) is 19.8. The van der Waals surface area contributed by atoms with E-state index in [1.807, 2.05) is 0 Å². The molecule has 0 aromatic rings. The van der Waals surface area contributed by atoms with E-state index in [2.05, 4.69) is 40.4 Å². The quantitative estimate of drug-likeness (QED) is 0.552. The summed E-state index contributed by atoms with van der Waals surface area (Å²) < 4.78 is 16.7. The number of nitrogens with zero attached hydrogens (tertiary/aromatic N) is 1. The Hall–Kier alpha value is -1.34. The highest BCUT2D eigenvalue weighted by Gasteiger charge is 2.49. The summed E-state index contributed by atoms with van der Waals surface area (Å²) in [6, 6.07) is -0.776. The van der Waals surface area contributed by atoms with Crippen LogP contribution < -0.4 is 0 Å². The molecular formula is C18H33NO5Si. The van der Waals surface area contributed by atoms with E-state index < -0.39 is 38.1 Å². The minimum Gasteiger partial charge on any atom is -0.467 e. The lowest BCUT2D eigenvalue weighted by Gasteiger charge is -2.38. The summed E-state index contributed by atoms with van der Waals surface area (Å²) in [6.07, 6.45) is -0.677. The maximum absolute atomic E-state index is 12.6. The molecule has 1 saturated heterocycles. The van der Waals surface area contributed by atoms with Gasteiger partial charge < -0.3 is 13.9 Å². The van der Waals surface area contributed by atoms with Crippen molar-refractivity contribution in [1.82, 2.24) is 4.90 Å². The fraction of sp³-hybridized carbons (Fsp3) is 0.778. The summed E-state index contributed by atoms with van der Waals surface area (Å²) in [7, 11) is -0.783. The Morgan fingerprint density at radius 1 is 1.16 bits per heavy atom. The number of esters is 1. The first kappa shape index (κ1) is 21.7. The average Bonchev–Trinajstić information content (AvgIpc) is 2.71. The molecule has 1 amide bonds. The number of ether oxygens (including phenoxy) is 2. The van der Waals surface area contributed by atoms with E-state index in [0.717, 1.165) is 0 Å². The number of amides is 1. The van der Waals surface area contributed by atoms with E-state index in [4.69, 9.17) is 13.9 Å². The molecule has 25 heavy (non-hydrogen) atoms. The van der Waals surface area contributed by atoms with Gasteiger partial charge in [-0.15, -0.1) is 0 Å². The molecular weight excluding hydrogens is 338 g/mol. The first-order valence-corrected chi connectivity index (χ1v) is 11.5. The highest BCUT2D eigenvalue weighted by Crippen LogP contribution is 2.41. The van der Waals surface area contributed by atoms with Gasteiger partial charge in [-0.25, -0.2) is 9.59 Å². The van der Waals surface area contributed by atoms with E-state index in [9.17, 15) is 9.59 Å². The smallest absolute Gasteiger partial charge is 0.415 e. The molecule has 2 atom stereocenters. The predicted molar refractivity (Wildman–Crippen MR) is 99.7 cm³/mol. The Bertz CT molecular complexity index is 545. The second-order valence-electron chi connectivity index (χ2n) is 8.98. The molecule has 0 unspecified atom stereocenters. The average molecular weight is 372 g/mol. The van der Waals surface area contributed by atoms with Crippen LogP contribution in [0.2, 0.25) is 18.1 Å². The SMILES string of the molecule is C=C1[C@H](O[Si](C)(C)C(C)(C)C)C[C@@H](C(=O)OC)N1C(=O)OC(C)(C)C. The van der Waals surface area contributed by atoms with Crippen LogP contribution in [-0.2, 0) is 18.7 Å². The molecule has 0 N–H and O–H groups in total. The van der Waals surface area contributed by atoms with E-state index in [-0.39, 0.29) is 5.04 Å². The number of methoxy groups -OCH3 is 1. The van der Waals surface area contributed by atoms with E-state index in [0.29, 0.717) is 12.1 Å². The lowest BCUT2D eigenvalue weighted by molar-refractivity contribution is -0.145. The number of rotatable bonds is 3. The van der Waals surface area contributed by atoms with E-state index in [1.54, 1.807) is 20.8 Å². The van der Waals surface area contributed by atoms with Crippen LogP contribution in [0.25, 0.3) is 0 Å². The number of carbonyl (C=O) groups is 2. The van der Waals surface area contributed by atoms with Crippen molar-refractivity contribution in [3.05, 3.63) is 12.3 Å². The summed E-state index contributed by atoms with van der Waals surface area (Å²) in [5.74, 6) is -0.492. The van der Waals surface area contributed by atoms with Gasteiger partial charge in [-0.3, -0.25) is 4.90 Å². The molecule has 1 fully saturated rings. The highest BCUT2D eigenvalue weighted by atomic mass is 28.4. The van der Waals surface area contributed by atoms with Crippen molar-refractivity contribution in [3.8, 4) is 0 Å². The van der Waals surface area contributed by atoms with Crippen molar-refractivity contribution in [1.29, 1.82) is 0 Å². The first-order chi connectivity index (χ1) is 11.1. The Labute approximate surface area is 152 Å². The lowest BCUT2D eigenvalue weighted by atomic mass is 10.2. The van der Waals surface area contributed by atoms with Gasteiger partial charge in [-0.1, -0.05) is 27.4 Å². The van der Waals surface area contributed by atoms with Gasteiger partial charge in [0.2, 0.25) is 0 Å². The van der Waals surface area contributed by atoms with Gasteiger partial charge in [0.05, 0.1) is 13.2 Å². The molecule has 6 nitrogen and oxygen atoms in total. The normalized spacial score (nSPS) is 22.1. The van der Waals surface area contributed by atoms with Gasteiger partial charge in [0.15, 0.2) is 8.32 Å². The number of likely N-dealkylation sites (tertiary alicyclic amines) is 1. The summed E-state index contributed by atoms with van der Waals surface area (Å²) in [4.78, 5) is 26.1. The Morgan fingerprint density at radius 3 is 2.08 bits per heavy atom. The number of carbonyl (C=O) groups excluding carboxylic acids is 2. The van der Waals surface area contributed by atoms with Crippen LogP contribution >= 0.6 is 0 Å². The number of hydrogen-bond donors (Lipinski definition) is 0. The summed E-state index contributed by atoms with van der Waals surface area (Å²) in [5, 5.41) is 0.00732. The van der Waals surface area contributed by atoms with Gasteiger partial charge >= 0.3 is 12.1 Å². The van der Waals surface area contributed by atoms with Crippen LogP contribution in [0.3, 0.4) is 0 Å². The van der Waals surface area contributed by atoms with Crippen molar-refractivity contribution in [3.63, 3.8) is 0 Å². The molecule has 144 valence electrons. The zero-order valence-corrected chi connectivity index (χ0v) is 18.1. The first-order valence-electron chi connectivity index (χ1n) is 8.57. The van der Waals surface area contributed by atoms with Crippen molar-refractivity contribution in [2.75, 3.05) is 7.11 Å². The van der Waals surface area contributed by atoms with Gasteiger partial charge in [0.1, 0.15) is 11.6 Å². The minimum absolute atomic E-state index is 0.00732. The zero-order valence-electron chi connectivity index (χ0n) is 17.1. The third-order valence-corrected chi connectivity index (χ3v) is 9.22. The molecule has 1 heterocycles. The molecule has 0 aromatic carbocycles. The van der Waals surface area contributed by atoms with Crippen molar-refractivity contribution >= 4 is 20.4 Å². The van der Waals surface area contributed by atoms with Gasteiger partial charge in [0.25, 0.3) is 0 Å². The third kappa shape index (κ3) is 5.07. The number of hydrogen-bond acceptors (Lipinski definition) is 5. The summed E-state index contributed by atoms with van der Waals surface area (Å²) in [6.45, 7) is 20.0. The van der Waals surface area contributed by atoms with Crippen LogP contribution in [-0.4, -0.2) is 50.1 Å². The molecule has 0 radical (unpaired) electrons. The Kier molecular flexibility index (Phi) is 6.17. The molecule has 1 aliphatic rings. The Balaban J connectivity index is 3.09. The lowest BCUT2D eigenvalue weighted by Crippen LogP contribution is -2.44. The fourth-order valence-corrected chi connectivity index (χ4v) is 3.64. The summed E-state index contributed by atoms with van der Waals surface area (Å²) >= 11 is 0. The molecule has 7 heteroatoms. The molecule has 1 rings (SSSR count). The van der Waals surface area contributed by atoms with Crippen LogP contribution in [0, 0.1) is 0 Å². The molecule has 0 saturated carbocycles. The standard InChI is InChI=1S/C18H33NO5Si/c1-12-14(24-25(9,10)18(5,6)7)11-13(15(20)22-8)19(12)16(21)23-17(2,3)4/h13-14H,1,11H2,2-10H3/t13-,14+/m0/s1. The maximum atomic E-state index is 12.6. The molecule has 0 aromatic heterocycles. The van der Waals surface area contributed by atoms with Crippen molar-refractivity contribution in [2.45, 2.75) is 83.8 Å². The van der Waals surface area contributed by atoms with Crippen LogP contribution in [0.4, 0.5) is 4.79 Å². The van der Waals surface area contributed by atoms with Gasteiger partial charge in [-0.2, -0.15) is 0 Å². The van der Waals surface area contributed by atoms with E-state index in [1.165, 1.54) is 12.0 Å². The Morgan fingerprint density at radius 2 is 1.68 bits per heavy atom. The largest absolute Gasteiger partial charge is 0.467 e. The van der Waals surface area contributed by atoms with Crippen LogP contribution in [0.1, 0.15) is 48.0 Å². The second-order valence-corrected chi connectivity index (χ2v) is 13.7. The molecule has 0 bridgehead atoms. The molecule has 1 aliphatic heterocycles. The molecule has 0 spiro atoms. The molecule has 0 aliphatic carbocycles. The van der Waals surface area contributed by atoms with E-state index >= 15 is 0 Å². The second kappa shape index (κ2) is 7.11. The van der Waals surface area contributed by atoms with Crippen LogP contribution in [0.15, 0.2) is 12.3 Å². The topological polar surface area (TPSA) is 65.1 Å². The summed E-state index contributed by atoms with van der Waals surface area (Å²) in [5.41, 5.74) is -0.217. The van der Waals surface area contributed by atoms with Crippen molar-refractivity contribution < 1.29 is 23.5 Å². The predicted octanol–water partition coefficient (Wildman–Crippen LogP) is 4.07. The van der Waals surface area contributed by atoms with Crippen molar-refractivity contribution in [2.24, 2.45) is 0 Å². The van der Waals surface area contributed by atoms with Gasteiger partial charge in [0, 0.05) is 12.1 Å². The van der Waals surface area contributed by atoms with Gasteiger partial charge in [-0.05, 0) is 38.9 Å². The van der Waals surface area contributed by atoms with Crippen LogP contribution in [0.5, 0.6) is 0 Å². The fourth-order valence-electron chi connectivity index (χ4n) is 2.34. The third-order valence-electron chi connectivity index (χ3n) is 4.74.